The van der Waals surface area contributed by atoms with E-state index in [0.717, 1.165) is 0 Å². The van der Waals surface area contributed by atoms with Gasteiger partial charge < -0.3 is 0 Å². The molecule has 0 nitrogen and oxygen atoms in total. The van der Waals surface area contributed by atoms with E-state index in [1.54, 1.807) is 15.9 Å². The molecule has 1 aliphatic rings. The van der Waals surface area contributed by atoms with Crippen LogP contribution in [-0.2, 0) is 5.41 Å². The lowest BCUT2D eigenvalue weighted by Crippen LogP contribution is -2.49. The van der Waals surface area contributed by atoms with Gasteiger partial charge >= 0.3 is 0 Å². The van der Waals surface area contributed by atoms with E-state index in [4.69, 9.17) is 0 Å². The van der Waals surface area contributed by atoms with Crippen molar-refractivity contribution in [2.24, 2.45) is 0 Å². The summed E-state index contributed by atoms with van der Waals surface area (Å²) in [7, 11) is -1.66. The SMILES string of the molecule is CCCCCCCC(CC)(CC)c1ccc2c3c(ccc2c1)-c1ccccc1[Si]3(C)C. The molecule has 31 heavy (non-hydrogen) atoms. The maximum absolute atomic E-state index is 2.54. The van der Waals surface area contributed by atoms with E-state index >= 15 is 0 Å². The van der Waals surface area contributed by atoms with Crippen LogP contribution in [0.1, 0.15) is 77.7 Å². The number of benzene rings is 3. The average molecular weight is 429 g/mol. The Morgan fingerprint density at radius 3 is 2.23 bits per heavy atom. The van der Waals surface area contributed by atoms with Gasteiger partial charge in [-0.15, -0.1) is 0 Å². The highest BCUT2D eigenvalue weighted by molar-refractivity contribution is 7.05. The molecule has 1 aliphatic heterocycles. The Kier molecular flexibility index (Phi) is 6.44. The van der Waals surface area contributed by atoms with Gasteiger partial charge in [-0.1, -0.05) is 121 Å². The topological polar surface area (TPSA) is 0 Å². The van der Waals surface area contributed by atoms with Crippen LogP contribution in [0.5, 0.6) is 0 Å². The third-order valence-corrected chi connectivity index (χ3v) is 11.8. The minimum Gasteiger partial charge on any atom is -0.0654 e. The summed E-state index contributed by atoms with van der Waals surface area (Å²) in [5.41, 5.74) is 4.86. The van der Waals surface area contributed by atoms with Crippen molar-refractivity contribution in [3.8, 4) is 11.1 Å². The number of hydrogen-bond acceptors (Lipinski definition) is 0. The van der Waals surface area contributed by atoms with E-state index in [1.807, 2.05) is 0 Å². The molecule has 0 aliphatic carbocycles. The minimum absolute atomic E-state index is 0.329. The van der Waals surface area contributed by atoms with E-state index < -0.39 is 8.07 Å². The molecule has 1 heteroatoms. The predicted octanol–water partition coefficient (Wildman–Crippen LogP) is 8.06. The van der Waals surface area contributed by atoms with Crippen molar-refractivity contribution < 1.29 is 0 Å². The summed E-state index contributed by atoms with van der Waals surface area (Å²) in [5, 5.41) is 6.20. The van der Waals surface area contributed by atoms with Crippen molar-refractivity contribution in [1.29, 1.82) is 0 Å². The first kappa shape index (κ1) is 22.3. The summed E-state index contributed by atoms with van der Waals surface area (Å²) in [6.07, 6.45) is 10.6. The molecule has 0 atom stereocenters. The molecule has 0 radical (unpaired) electrons. The Morgan fingerprint density at radius 1 is 0.742 bits per heavy atom. The van der Waals surface area contributed by atoms with E-state index in [9.17, 15) is 0 Å². The van der Waals surface area contributed by atoms with Crippen LogP contribution in [0.2, 0.25) is 13.1 Å². The van der Waals surface area contributed by atoms with Gasteiger partial charge in [0.15, 0.2) is 0 Å². The second kappa shape index (κ2) is 8.94. The Balaban J connectivity index is 1.72. The Bertz CT molecular complexity index is 1060. The molecule has 0 bridgehead atoms. The second-order valence-corrected chi connectivity index (χ2v) is 14.5. The fourth-order valence-corrected chi connectivity index (χ4v) is 9.64. The average Bonchev–Trinajstić information content (AvgIpc) is 3.04. The summed E-state index contributed by atoms with van der Waals surface area (Å²) in [5.74, 6) is 0. The van der Waals surface area contributed by atoms with Crippen LogP contribution in [0.3, 0.4) is 0 Å². The fraction of sp³-hybridized carbons (Fsp3) is 0.467. The van der Waals surface area contributed by atoms with E-state index in [1.165, 1.54) is 73.3 Å². The molecule has 1 heterocycles. The van der Waals surface area contributed by atoms with Crippen LogP contribution in [0, 0.1) is 0 Å². The number of hydrogen-bond donors (Lipinski definition) is 0. The summed E-state index contributed by atoms with van der Waals surface area (Å²) in [4.78, 5) is 0. The highest BCUT2D eigenvalue weighted by atomic mass is 28.3. The zero-order valence-corrected chi connectivity index (χ0v) is 21.4. The fourth-order valence-electron chi connectivity index (χ4n) is 6.18. The van der Waals surface area contributed by atoms with Gasteiger partial charge in [0.25, 0.3) is 0 Å². The Labute approximate surface area is 191 Å². The molecule has 0 N–H and O–H groups in total. The highest BCUT2D eigenvalue weighted by Gasteiger charge is 2.38. The lowest BCUT2D eigenvalue weighted by molar-refractivity contribution is 0.348. The first-order chi connectivity index (χ1) is 15.0. The molecule has 0 amide bonds. The molecule has 3 aromatic rings. The standard InChI is InChI=1S/C30H40Si/c1-6-9-10-11-14-21-30(7-2,8-3)24-18-20-25-23(22-24)17-19-27-26-15-12-13-16-28(26)31(4,5)29(25)27/h12-13,15-20,22H,6-11,14,21H2,1-5H3. The zero-order valence-electron chi connectivity index (χ0n) is 20.4. The molecule has 3 aromatic carbocycles. The lowest BCUT2D eigenvalue weighted by atomic mass is 9.72. The molecule has 0 saturated carbocycles. The van der Waals surface area contributed by atoms with Gasteiger partial charge in [-0.05, 0) is 62.5 Å². The monoisotopic (exact) mass is 428 g/mol. The van der Waals surface area contributed by atoms with Crippen LogP contribution in [0.25, 0.3) is 21.9 Å². The summed E-state index contributed by atoms with van der Waals surface area (Å²) >= 11 is 0. The van der Waals surface area contributed by atoms with Crippen LogP contribution < -0.4 is 10.4 Å². The predicted molar refractivity (Wildman–Crippen MR) is 142 cm³/mol. The Hall–Kier alpha value is -1.86. The van der Waals surface area contributed by atoms with Crippen LogP contribution in [0.4, 0.5) is 0 Å². The second-order valence-electron chi connectivity index (χ2n) is 10.2. The van der Waals surface area contributed by atoms with Crippen molar-refractivity contribution in [1.82, 2.24) is 0 Å². The van der Waals surface area contributed by atoms with Crippen molar-refractivity contribution in [3.05, 3.63) is 60.2 Å². The quantitative estimate of drug-likeness (QED) is 0.239. The maximum atomic E-state index is 2.54. The van der Waals surface area contributed by atoms with Crippen LogP contribution in [-0.4, -0.2) is 8.07 Å². The van der Waals surface area contributed by atoms with Gasteiger partial charge in [0, 0.05) is 0 Å². The van der Waals surface area contributed by atoms with E-state index in [2.05, 4.69) is 88.5 Å². The van der Waals surface area contributed by atoms with E-state index in [0.29, 0.717) is 5.41 Å². The minimum atomic E-state index is -1.66. The molecule has 0 unspecified atom stereocenters. The molecule has 164 valence electrons. The van der Waals surface area contributed by atoms with Gasteiger partial charge in [-0.2, -0.15) is 0 Å². The summed E-state index contributed by atoms with van der Waals surface area (Å²) in [6, 6.07) is 21.4. The third kappa shape index (κ3) is 3.80. The molecular weight excluding hydrogens is 388 g/mol. The molecule has 4 rings (SSSR count). The van der Waals surface area contributed by atoms with Gasteiger partial charge in [-0.25, -0.2) is 0 Å². The van der Waals surface area contributed by atoms with Crippen molar-refractivity contribution in [2.45, 2.75) is 90.6 Å². The van der Waals surface area contributed by atoms with Gasteiger partial charge in [0.05, 0.1) is 0 Å². The summed E-state index contributed by atoms with van der Waals surface area (Å²) < 4.78 is 0. The molecule has 0 aromatic heterocycles. The zero-order chi connectivity index (χ0) is 22.1. The maximum Gasteiger partial charge on any atom is 0.114 e. The van der Waals surface area contributed by atoms with Gasteiger partial charge in [-0.3, -0.25) is 0 Å². The number of unbranched alkanes of at least 4 members (excludes halogenated alkanes) is 4. The molecule has 0 saturated heterocycles. The van der Waals surface area contributed by atoms with Crippen molar-refractivity contribution >= 4 is 29.2 Å². The van der Waals surface area contributed by atoms with Gasteiger partial charge in [0.1, 0.15) is 8.07 Å². The van der Waals surface area contributed by atoms with Crippen LogP contribution >= 0.6 is 0 Å². The first-order valence-electron chi connectivity index (χ1n) is 12.7. The van der Waals surface area contributed by atoms with Gasteiger partial charge in [0.2, 0.25) is 0 Å². The molecule has 0 spiro atoms. The van der Waals surface area contributed by atoms with Crippen molar-refractivity contribution in [3.63, 3.8) is 0 Å². The molecule has 0 fully saturated rings. The largest absolute Gasteiger partial charge is 0.114 e. The van der Waals surface area contributed by atoms with E-state index in [-0.39, 0.29) is 0 Å². The normalized spacial score (nSPS) is 14.6. The first-order valence-corrected chi connectivity index (χ1v) is 15.7. The van der Waals surface area contributed by atoms with Crippen molar-refractivity contribution in [2.75, 3.05) is 0 Å². The Morgan fingerprint density at radius 2 is 1.48 bits per heavy atom. The highest BCUT2D eigenvalue weighted by Crippen LogP contribution is 2.39. The number of fused-ring (bicyclic) bond motifs is 5. The smallest absolute Gasteiger partial charge is 0.0654 e. The summed E-state index contributed by atoms with van der Waals surface area (Å²) in [6.45, 7) is 12.2. The lowest BCUT2D eigenvalue weighted by Gasteiger charge is -2.33. The number of rotatable bonds is 9. The third-order valence-electron chi connectivity index (χ3n) is 8.26. The molecular formula is C30H40Si. The van der Waals surface area contributed by atoms with Crippen LogP contribution in [0.15, 0.2) is 54.6 Å².